The third kappa shape index (κ3) is 1.56. The molecule has 1 aliphatic heterocycles. The molecule has 2 heterocycles. The van der Waals surface area contributed by atoms with E-state index in [0.717, 1.165) is 32.1 Å². The van der Waals surface area contributed by atoms with Gasteiger partial charge < -0.3 is 9.64 Å². The van der Waals surface area contributed by atoms with Gasteiger partial charge in [-0.25, -0.2) is 4.98 Å². The molecule has 1 aliphatic rings. The molecule has 2 rings (SSSR count). The van der Waals surface area contributed by atoms with Crippen molar-refractivity contribution in [3.63, 3.8) is 0 Å². The minimum atomic E-state index is 0.796. The molecule has 3 nitrogen and oxygen atoms in total. The van der Waals surface area contributed by atoms with Gasteiger partial charge in [-0.2, -0.15) is 0 Å². The smallest absolute Gasteiger partial charge is 0.136 e. The van der Waals surface area contributed by atoms with Crippen LogP contribution in [0.1, 0.15) is 0 Å². The number of aromatic nitrogens is 1. The lowest BCUT2D eigenvalue weighted by Gasteiger charge is -2.27. The second-order valence-corrected chi connectivity index (χ2v) is 2.70. The summed E-state index contributed by atoms with van der Waals surface area (Å²) in [5.74, 6) is 0.931. The molecule has 1 radical (unpaired) electrons. The van der Waals surface area contributed by atoms with Crippen LogP contribution in [0.4, 0.5) is 5.82 Å². The van der Waals surface area contributed by atoms with Gasteiger partial charge in [0.25, 0.3) is 0 Å². The summed E-state index contributed by atoms with van der Waals surface area (Å²) in [6.45, 7) is 3.44. The van der Waals surface area contributed by atoms with Crippen molar-refractivity contribution in [1.29, 1.82) is 0 Å². The number of ether oxygens (including phenoxy) is 1. The standard InChI is InChI=1S/C9H11N2O/c1-2-4-10-9(3-1)11-5-7-12-8-6-11/h1-2,4H,5-8H2. The first kappa shape index (κ1) is 7.55. The van der Waals surface area contributed by atoms with Crippen LogP contribution in [0, 0.1) is 6.07 Å². The van der Waals surface area contributed by atoms with E-state index in [-0.39, 0.29) is 0 Å². The summed E-state index contributed by atoms with van der Waals surface area (Å²) < 4.78 is 5.24. The van der Waals surface area contributed by atoms with E-state index in [0.29, 0.717) is 0 Å². The van der Waals surface area contributed by atoms with Gasteiger partial charge in [0.2, 0.25) is 0 Å². The molecule has 0 N–H and O–H groups in total. The van der Waals surface area contributed by atoms with Crippen molar-refractivity contribution < 1.29 is 4.74 Å². The van der Waals surface area contributed by atoms with Crippen molar-refractivity contribution in [3.8, 4) is 0 Å². The van der Waals surface area contributed by atoms with Crippen LogP contribution in [0.5, 0.6) is 0 Å². The third-order valence-electron chi connectivity index (χ3n) is 1.90. The van der Waals surface area contributed by atoms with Gasteiger partial charge in [-0.1, -0.05) is 0 Å². The van der Waals surface area contributed by atoms with E-state index < -0.39 is 0 Å². The Morgan fingerprint density at radius 2 is 2.25 bits per heavy atom. The summed E-state index contributed by atoms with van der Waals surface area (Å²) in [4.78, 5) is 6.40. The molecule has 0 spiro atoms. The molecular weight excluding hydrogens is 152 g/mol. The van der Waals surface area contributed by atoms with Gasteiger partial charge in [0, 0.05) is 25.4 Å². The average Bonchev–Trinajstić information content (AvgIpc) is 2.21. The monoisotopic (exact) mass is 163 g/mol. The summed E-state index contributed by atoms with van der Waals surface area (Å²) in [7, 11) is 0. The Kier molecular flexibility index (Phi) is 2.23. The first-order valence-corrected chi connectivity index (χ1v) is 4.12. The maximum Gasteiger partial charge on any atom is 0.136 e. The summed E-state index contributed by atoms with van der Waals surface area (Å²) in [6.07, 6.45) is 1.79. The van der Waals surface area contributed by atoms with Crippen LogP contribution < -0.4 is 4.90 Å². The van der Waals surface area contributed by atoms with Crippen LogP contribution >= 0.6 is 0 Å². The van der Waals surface area contributed by atoms with Gasteiger partial charge in [-0.05, 0) is 12.1 Å². The van der Waals surface area contributed by atoms with Crippen LogP contribution in [0.2, 0.25) is 0 Å². The Bertz CT molecular complexity index is 232. The van der Waals surface area contributed by atoms with Gasteiger partial charge in [-0.15, -0.1) is 0 Å². The second kappa shape index (κ2) is 3.54. The average molecular weight is 163 g/mol. The minimum absolute atomic E-state index is 0.796. The highest BCUT2D eigenvalue weighted by molar-refractivity contribution is 5.36. The zero-order chi connectivity index (χ0) is 8.23. The lowest BCUT2D eigenvalue weighted by atomic mass is 10.4. The Morgan fingerprint density at radius 1 is 1.42 bits per heavy atom. The lowest BCUT2D eigenvalue weighted by molar-refractivity contribution is 0.122. The predicted octanol–water partition coefficient (Wildman–Crippen LogP) is 0.718. The predicted molar refractivity (Wildman–Crippen MR) is 46.1 cm³/mol. The van der Waals surface area contributed by atoms with E-state index in [2.05, 4.69) is 16.0 Å². The van der Waals surface area contributed by atoms with E-state index in [9.17, 15) is 0 Å². The van der Waals surface area contributed by atoms with E-state index in [1.54, 1.807) is 6.20 Å². The van der Waals surface area contributed by atoms with Crippen molar-refractivity contribution in [2.24, 2.45) is 0 Å². The van der Waals surface area contributed by atoms with Crippen LogP contribution in [-0.2, 0) is 4.74 Å². The van der Waals surface area contributed by atoms with Crippen molar-refractivity contribution in [2.45, 2.75) is 0 Å². The molecule has 0 amide bonds. The largest absolute Gasteiger partial charge is 0.378 e. The zero-order valence-electron chi connectivity index (χ0n) is 6.86. The van der Waals surface area contributed by atoms with Crippen molar-refractivity contribution in [1.82, 2.24) is 4.98 Å². The SMILES string of the molecule is [c]1cccnc1N1CCOCC1. The van der Waals surface area contributed by atoms with Crippen LogP contribution in [-0.4, -0.2) is 31.3 Å². The van der Waals surface area contributed by atoms with Crippen molar-refractivity contribution in [3.05, 3.63) is 24.4 Å². The van der Waals surface area contributed by atoms with E-state index >= 15 is 0 Å². The molecule has 0 unspecified atom stereocenters. The Hall–Kier alpha value is -1.09. The van der Waals surface area contributed by atoms with E-state index in [1.807, 2.05) is 12.1 Å². The summed E-state index contributed by atoms with van der Waals surface area (Å²) in [5, 5.41) is 0. The molecule has 1 saturated heterocycles. The molecule has 1 aromatic heterocycles. The first-order chi connectivity index (χ1) is 5.97. The third-order valence-corrected chi connectivity index (χ3v) is 1.90. The number of rotatable bonds is 1. The lowest BCUT2D eigenvalue weighted by Crippen LogP contribution is -2.36. The fraction of sp³-hybridized carbons (Fsp3) is 0.444. The number of hydrogen-bond acceptors (Lipinski definition) is 3. The summed E-state index contributed by atoms with van der Waals surface area (Å²) >= 11 is 0. The molecule has 0 atom stereocenters. The second-order valence-electron chi connectivity index (χ2n) is 2.70. The highest BCUT2D eigenvalue weighted by atomic mass is 16.5. The molecule has 0 aliphatic carbocycles. The molecule has 3 heteroatoms. The molecule has 1 aromatic rings. The quantitative estimate of drug-likeness (QED) is 0.610. The number of pyridine rings is 1. The Morgan fingerprint density at radius 3 is 2.92 bits per heavy atom. The van der Waals surface area contributed by atoms with Crippen LogP contribution in [0.25, 0.3) is 0 Å². The number of morpholine rings is 1. The fourth-order valence-corrected chi connectivity index (χ4v) is 1.26. The number of nitrogens with zero attached hydrogens (tertiary/aromatic N) is 2. The molecule has 12 heavy (non-hydrogen) atoms. The molecule has 0 saturated carbocycles. The highest BCUT2D eigenvalue weighted by Crippen LogP contribution is 2.09. The summed E-state index contributed by atoms with van der Waals surface area (Å²) in [6, 6.07) is 6.86. The molecular formula is C9H11N2O. The Labute approximate surface area is 72.0 Å². The number of anilines is 1. The van der Waals surface area contributed by atoms with Gasteiger partial charge in [-0.3, -0.25) is 0 Å². The van der Waals surface area contributed by atoms with Crippen molar-refractivity contribution in [2.75, 3.05) is 31.2 Å². The maximum atomic E-state index is 5.24. The highest BCUT2D eigenvalue weighted by Gasteiger charge is 2.10. The van der Waals surface area contributed by atoms with E-state index in [1.165, 1.54) is 0 Å². The van der Waals surface area contributed by atoms with Gasteiger partial charge in [0.15, 0.2) is 0 Å². The number of hydrogen-bond donors (Lipinski definition) is 0. The van der Waals surface area contributed by atoms with Crippen LogP contribution in [0.15, 0.2) is 18.3 Å². The fourth-order valence-electron chi connectivity index (χ4n) is 1.26. The Balaban J connectivity index is 2.08. The first-order valence-electron chi connectivity index (χ1n) is 4.12. The van der Waals surface area contributed by atoms with Gasteiger partial charge in [0.1, 0.15) is 5.82 Å². The van der Waals surface area contributed by atoms with Gasteiger partial charge >= 0.3 is 0 Å². The van der Waals surface area contributed by atoms with Crippen LogP contribution in [0.3, 0.4) is 0 Å². The molecule has 1 fully saturated rings. The molecule has 63 valence electrons. The summed E-state index contributed by atoms with van der Waals surface area (Å²) in [5.41, 5.74) is 0. The maximum absolute atomic E-state index is 5.24. The van der Waals surface area contributed by atoms with Gasteiger partial charge in [0.05, 0.1) is 13.2 Å². The molecule has 0 aromatic carbocycles. The molecule has 0 bridgehead atoms. The zero-order valence-corrected chi connectivity index (χ0v) is 6.86. The van der Waals surface area contributed by atoms with Crippen molar-refractivity contribution >= 4 is 5.82 Å². The normalized spacial score (nSPS) is 17.8. The topological polar surface area (TPSA) is 25.4 Å². The minimum Gasteiger partial charge on any atom is -0.378 e. The van der Waals surface area contributed by atoms with E-state index in [4.69, 9.17) is 4.74 Å².